The number of pyridine rings is 1. The summed E-state index contributed by atoms with van der Waals surface area (Å²) in [6, 6.07) is 3.48. The van der Waals surface area contributed by atoms with Gasteiger partial charge in [0.1, 0.15) is 11.5 Å². The van der Waals surface area contributed by atoms with Gasteiger partial charge in [-0.1, -0.05) is 5.16 Å². The first-order valence-electron chi connectivity index (χ1n) is 7.62. The molecule has 3 rings (SSSR count). The third-order valence-corrected chi connectivity index (χ3v) is 3.93. The Kier molecular flexibility index (Phi) is 4.29. The number of aryl methyl sites for hydroxylation is 2. The van der Waals surface area contributed by atoms with E-state index in [1.165, 1.54) is 0 Å². The zero-order valence-electron chi connectivity index (χ0n) is 13.3. The number of rotatable bonds is 3. The highest BCUT2D eigenvalue weighted by atomic mass is 16.5. The van der Waals surface area contributed by atoms with Crippen molar-refractivity contribution in [2.45, 2.75) is 20.4 Å². The highest BCUT2D eigenvalue weighted by molar-refractivity contribution is 5.94. The molecule has 0 aromatic carbocycles. The maximum Gasteiger partial charge on any atom is 0.276 e. The van der Waals surface area contributed by atoms with E-state index >= 15 is 0 Å². The number of hydrogen-bond acceptors (Lipinski definition) is 6. The van der Waals surface area contributed by atoms with E-state index < -0.39 is 0 Å². The minimum Gasteiger partial charge on any atom is -0.505 e. The number of piperazine rings is 1. The lowest BCUT2D eigenvalue weighted by molar-refractivity contribution is 0.0617. The minimum absolute atomic E-state index is 0.0597. The average molecular weight is 316 g/mol. The summed E-state index contributed by atoms with van der Waals surface area (Å²) in [5.41, 5.74) is 1.85. The zero-order valence-corrected chi connectivity index (χ0v) is 13.3. The molecule has 1 fully saturated rings. The zero-order chi connectivity index (χ0) is 16.4. The van der Waals surface area contributed by atoms with Crippen molar-refractivity contribution in [1.29, 1.82) is 0 Å². The fourth-order valence-corrected chi connectivity index (χ4v) is 2.70. The quantitative estimate of drug-likeness (QED) is 0.920. The lowest BCUT2D eigenvalue weighted by Crippen LogP contribution is -2.48. The Balaban J connectivity index is 1.59. The predicted octanol–water partition coefficient (Wildman–Crippen LogP) is 1.35. The van der Waals surface area contributed by atoms with Crippen LogP contribution < -0.4 is 0 Å². The molecular weight excluding hydrogens is 296 g/mol. The second-order valence-electron chi connectivity index (χ2n) is 5.88. The second-order valence-corrected chi connectivity index (χ2v) is 5.88. The molecular formula is C16H20N4O3. The van der Waals surface area contributed by atoms with E-state index in [1.54, 1.807) is 17.2 Å². The van der Waals surface area contributed by atoms with E-state index in [0.717, 1.165) is 30.1 Å². The fraction of sp³-hybridized carbons (Fsp3) is 0.438. The van der Waals surface area contributed by atoms with Crippen LogP contribution in [0.3, 0.4) is 0 Å². The fourth-order valence-electron chi connectivity index (χ4n) is 2.70. The Morgan fingerprint density at radius 1 is 1.26 bits per heavy atom. The van der Waals surface area contributed by atoms with Gasteiger partial charge in [0.25, 0.3) is 5.91 Å². The number of carbonyl (C=O) groups excluding carboxylic acids is 1. The number of hydrogen-bond donors (Lipinski definition) is 1. The molecule has 0 saturated carbocycles. The summed E-state index contributed by atoms with van der Waals surface area (Å²) in [6.07, 6.45) is 1.59. The molecule has 7 heteroatoms. The monoisotopic (exact) mass is 316 g/mol. The number of aromatic nitrogens is 2. The number of nitrogens with zero attached hydrogens (tertiary/aromatic N) is 4. The lowest BCUT2D eigenvalue weighted by Gasteiger charge is -2.34. The molecule has 1 amide bonds. The van der Waals surface area contributed by atoms with Gasteiger partial charge >= 0.3 is 0 Å². The standard InChI is InChI=1S/C16H20N4O3/c1-11-7-14(21)15(17-9-11)16(22)20-5-3-19(4-6-20)10-13-8-12(2)23-18-13/h7-9,21H,3-6,10H2,1-2H3. The minimum atomic E-state index is -0.223. The summed E-state index contributed by atoms with van der Waals surface area (Å²) in [5, 5.41) is 13.9. The maximum absolute atomic E-state index is 12.5. The molecule has 3 heterocycles. The molecule has 1 aliphatic heterocycles. The van der Waals surface area contributed by atoms with Gasteiger partial charge in [-0.05, 0) is 25.5 Å². The molecule has 122 valence electrons. The third kappa shape index (κ3) is 3.50. The van der Waals surface area contributed by atoms with Crippen LogP contribution in [0.2, 0.25) is 0 Å². The van der Waals surface area contributed by atoms with Gasteiger partial charge < -0.3 is 14.5 Å². The van der Waals surface area contributed by atoms with Crippen molar-refractivity contribution in [1.82, 2.24) is 19.9 Å². The highest BCUT2D eigenvalue weighted by Crippen LogP contribution is 2.18. The van der Waals surface area contributed by atoms with E-state index in [4.69, 9.17) is 4.52 Å². The molecule has 0 bridgehead atoms. The Labute approximate surface area is 134 Å². The van der Waals surface area contributed by atoms with Crippen LogP contribution in [0, 0.1) is 13.8 Å². The molecule has 23 heavy (non-hydrogen) atoms. The van der Waals surface area contributed by atoms with Gasteiger partial charge in [0.2, 0.25) is 0 Å². The first-order chi connectivity index (χ1) is 11.0. The summed E-state index contributed by atoms with van der Waals surface area (Å²) in [6.45, 7) is 7.12. The molecule has 1 saturated heterocycles. The summed E-state index contributed by atoms with van der Waals surface area (Å²) < 4.78 is 5.07. The van der Waals surface area contributed by atoms with Crippen LogP contribution in [0.4, 0.5) is 0 Å². The first-order valence-corrected chi connectivity index (χ1v) is 7.62. The third-order valence-electron chi connectivity index (χ3n) is 3.93. The van der Waals surface area contributed by atoms with E-state index in [0.29, 0.717) is 19.6 Å². The average Bonchev–Trinajstić information content (AvgIpc) is 2.92. The van der Waals surface area contributed by atoms with Gasteiger partial charge in [-0.3, -0.25) is 9.69 Å². The molecule has 2 aromatic heterocycles. The van der Waals surface area contributed by atoms with Gasteiger partial charge in [-0.15, -0.1) is 0 Å². The normalized spacial score (nSPS) is 15.8. The highest BCUT2D eigenvalue weighted by Gasteiger charge is 2.25. The van der Waals surface area contributed by atoms with E-state index in [2.05, 4.69) is 15.0 Å². The van der Waals surface area contributed by atoms with Crippen LogP contribution in [0.1, 0.15) is 27.5 Å². The van der Waals surface area contributed by atoms with E-state index in [-0.39, 0.29) is 17.4 Å². The number of carbonyl (C=O) groups is 1. The van der Waals surface area contributed by atoms with E-state index in [1.807, 2.05) is 19.9 Å². The van der Waals surface area contributed by atoms with Crippen molar-refractivity contribution in [2.75, 3.05) is 26.2 Å². The molecule has 0 atom stereocenters. The van der Waals surface area contributed by atoms with Crippen LogP contribution in [0.25, 0.3) is 0 Å². The van der Waals surface area contributed by atoms with Gasteiger partial charge in [0.05, 0.1) is 5.69 Å². The second kappa shape index (κ2) is 6.37. The van der Waals surface area contributed by atoms with E-state index in [9.17, 15) is 9.90 Å². The summed E-state index contributed by atoms with van der Waals surface area (Å²) in [5.74, 6) is 0.518. The van der Waals surface area contributed by atoms with Crippen LogP contribution in [-0.4, -0.2) is 57.1 Å². The van der Waals surface area contributed by atoms with Gasteiger partial charge in [-0.25, -0.2) is 4.98 Å². The topological polar surface area (TPSA) is 82.7 Å². The molecule has 0 unspecified atom stereocenters. The molecule has 7 nitrogen and oxygen atoms in total. The predicted molar refractivity (Wildman–Crippen MR) is 83.1 cm³/mol. The summed E-state index contributed by atoms with van der Waals surface area (Å²) >= 11 is 0. The van der Waals surface area contributed by atoms with Crippen LogP contribution in [0.15, 0.2) is 22.9 Å². The molecule has 1 aliphatic rings. The molecule has 0 radical (unpaired) electrons. The van der Waals surface area contributed by atoms with Crippen LogP contribution in [0.5, 0.6) is 5.75 Å². The maximum atomic E-state index is 12.5. The smallest absolute Gasteiger partial charge is 0.276 e. The molecule has 2 aromatic rings. The number of amides is 1. The molecule has 0 aliphatic carbocycles. The number of aromatic hydroxyl groups is 1. The van der Waals surface area contributed by atoms with Gasteiger partial charge in [0.15, 0.2) is 5.69 Å². The first kappa shape index (κ1) is 15.5. The Hall–Kier alpha value is -2.41. The van der Waals surface area contributed by atoms with Gasteiger partial charge in [0, 0.05) is 45.0 Å². The van der Waals surface area contributed by atoms with Crippen molar-refractivity contribution >= 4 is 5.91 Å². The van der Waals surface area contributed by atoms with Crippen molar-refractivity contribution < 1.29 is 14.4 Å². The summed E-state index contributed by atoms with van der Waals surface area (Å²) in [4.78, 5) is 20.5. The van der Waals surface area contributed by atoms with Crippen molar-refractivity contribution in [3.63, 3.8) is 0 Å². The lowest BCUT2D eigenvalue weighted by atomic mass is 10.2. The van der Waals surface area contributed by atoms with Crippen LogP contribution in [-0.2, 0) is 6.54 Å². The van der Waals surface area contributed by atoms with Crippen molar-refractivity contribution in [3.8, 4) is 5.75 Å². The van der Waals surface area contributed by atoms with Crippen molar-refractivity contribution in [2.24, 2.45) is 0 Å². The summed E-state index contributed by atoms with van der Waals surface area (Å²) in [7, 11) is 0. The van der Waals surface area contributed by atoms with Crippen LogP contribution >= 0.6 is 0 Å². The molecule has 0 spiro atoms. The Bertz CT molecular complexity index is 705. The molecule has 1 N–H and O–H groups in total. The largest absolute Gasteiger partial charge is 0.505 e. The van der Waals surface area contributed by atoms with Crippen molar-refractivity contribution in [3.05, 3.63) is 41.0 Å². The SMILES string of the molecule is Cc1cnc(C(=O)N2CCN(Cc3cc(C)on3)CC2)c(O)c1. The van der Waals surface area contributed by atoms with Gasteiger partial charge in [-0.2, -0.15) is 0 Å². The Morgan fingerprint density at radius 2 is 2.00 bits per heavy atom. The Morgan fingerprint density at radius 3 is 2.61 bits per heavy atom.